The Hall–Kier alpha value is -2.94. The van der Waals surface area contributed by atoms with Crippen LogP contribution in [-0.2, 0) is 6.54 Å². The average Bonchev–Trinajstić information content (AvgIpc) is 3.28. The standard InChI is InChI=1S/C17H18FN7O/c18-12-1-2-16-21-13(8-23(16)6-12)7-22-9-15(10-22)25-11-14(5-20-25)24-4-3-19-17(24)26/h1-2,5-6,8,11,15H,3-4,7,9-10H2,(H,19,26). The molecule has 5 rings (SSSR count). The second kappa shape index (κ2) is 5.80. The van der Waals surface area contributed by atoms with E-state index in [1.54, 1.807) is 21.6 Å². The van der Waals surface area contributed by atoms with Crippen LogP contribution in [0.25, 0.3) is 5.65 Å². The van der Waals surface area contributed by atoms with E-state index in [2.05, 4.69) is 20.3 Å². The van der Waals surface area contributed by atoms with Gasteiger partial charge in [0.2, 0.25) is 0 Å². The van der Waals surface area contributed by atoms with Crippen LogP contribution in [0, 0.1) is 5.82 Å². The van der Waals surface area contributed by atoms with Crippen LogP contribution in [0.3, 0.4) is 0 Å². The molecule has 0 unspecified atom stereocenters. The Labute approximate surface area is 148 Å². The van der Waals surface area contributed by atoms with E-state index in [1.165, 1.54) is 12.3 Å². The summed E-state index contributed by atoms with van der Waals surface area (Å²) in [5.41, 5.74) is 2.50. The summed E-state index contributed by atoms with van der Waals surface area (Å²) in [7, 11) is 0. The number of fused-ring (bicyclic) bond motifs is 1. The monoisotopic (exact) mass is 355 g/mol. The van der Waals surface area contributed by atoms with Crippen LogP contribution in [-0.4, -0.2) is 56.3 Å². The molecule has 9 heteroatoms. The summed E-state index contributed by atoms with van der Waals surface area (Å²) >= 11 is 0. The van der Waals surface area contributed by atoms with E-state index in [9.17, 15) is 9.18 Å². The fraction of sp³-hybridized carbons (Fsp3) is 0.353. The zero-order chi connectivity index (χ0) is 17.7. The largest absolute Gasteiger partial charge is 0.336 e. The van der Waals surface area contributed by atoms with Gasteiger partial charge in [0.1, 0.15) is 11.5 Å². The normalized spacial score (nSPS) is 18.5. The van der Waals surface area contributed by atoms with Crippen LogP contribution in [0.1, 0.15) is 11.7 Å². The van der Waals surface area contributed by atoms with Gasteiger partial charge in [-0.05, 0) is 12.1 Å². The molecule has 2 saturated heterocycles. The summed E-state index contributed by atoms with van der Waals surface area (Å²) in [6.45, 7) is 3.81. The van der Waals surface area contributed by atoms with Gasteiger partial charge in [0.15, 0.2) is 0 Å². The van der Waals surface area contributed by atoms with Gasteiger partial charge in [0, 0.05) is 51.3 Å². The number of anilines is 1. The molecule has 8 nitrogen and oxygen atoms in total. The minimum absolute atomic E-state index is 0.0666. The minimum Gasteiger partial charge on any atom is -0.336 e. The van der Waals surface area contributed by atoms with Crippen molar-refractivity contribution in [1.82, 2.24) is 29.4 Å². The van der Waals surface area contributed by atoms with Crippen molar-refractivity contribution in [3.05, 3.63) is 48.4 Å². The summed E-state index contributed by atoms with van der Waals surface area (Å²) in [5, 5.41) is 7.20. The molecule has 3 aromatic rings. The van der Waals surface area contributed by atoms with E-state index in [1.807, 2.05) is 17.1 Å². The number of nitrogens with zero attached hydrogens (tertiary/aromatic N) is 6. The zero-order valence-corrected chi connectivity index (χ0v) is 14.0. The maximum atomic E-state index is 13.3. The molecule has 0 saturated carbocycles. The number of pyridine rings is 1. The van der Waals surface area contributed by atoms with Crippen LogP contribution >= 0.6 is 0 Å². The predicted octanol–water partition coefficient (Wildman–Crippen LogP) is 1.26. The van der Waals surface area contributed by atoms with Crippen molar-refractivity contribution in [2.45, 2.75) is 12.6 Å². The van der Waals surface area contributed by atoms with Crippen molar-refractivity contribution < 1.29 is 9.18 Å². The average molecular weight is 355 g/mol. The first kappa shape index (κ1) is 15.3. The van der Waals surface area contributed by atoms with Gasteiger partial charge in [-0.2, -0.15) is 5.10 Å². The van der Waals surface area contributed by atoms with E-state index in [4.69, 9.17) is 0 Å². The summed E-state index contributed by atoms with van der Waals surface area (Å²) in [5.74, 6) is -0.272. The highest BCUT2D eigenvalue weighted by Gasteiger charge is 2.30. The van der Waals surface area contributed by atoms with Crippen molar-refractivity contribution in [3.8, 4) is 0 Å². The fourth-order valence-electron chi connectivity index (χ4n) is 3.55. The number of rotatable bonds is 4. The van der Waals surface area contributed by atoms with Crippen LogP contribution < -0.4 is 10.2 Å². The van der Waals surface area contributed by atoms with Gasteiger partial charge in [-0.1, -0.05) is 0 Å². The highest BCUT2D eigenvalue weighted by molar-refractivity contribution is 5.93. The number of hydrogen-bond acceptors (Lipinski definition) is 4. The number of imidazole rings is 1. The lowest BCUT2D eigenvalue weighted by molar-refractivity contribution is 0.0897. The van der Waals surface area contributed by atoms with Crippen LogP contribution in [0.5, 0.6) is 0 Å². The molecule has 0 aromatic carbocycles. The summed E-state index contributed by atoms with van der Waals surface area (Å²) in [6.07, 6.45) is 6.97. The predicted molar refractivity (Wildman–Crippen MR) is 92.4 cm³/mol. The first-order chi connectivity index (χ1) is 12.7. The summed E-state index contributed by atoms with van der Waals surface area (Å²) < 4.78 is 16.9. The highest BCUT2D eigenvalue weighted by Crippen LogP contribution is 2.25. The number of likely N-dealkylation sites (tertiary alicyclic amines) is 1. The highest BCUT2D eigenvalue weighted by atomic mass is 19.1. The third-order valence-corrected chi connectivity index (χ3v) is 4.92. The first-order valence-corrected chi connectivity index (χ1v) is 8.61. The summed E-state index contributed by atoms with van der Waals surface area (Å²) in [6, 6.07) is 3.33. The van der Waals surface area contributed by atoms with Crippen LogP contribution in [0.15, 0.2) is 36.9 Å². The molecule has 2 fully saturated rings. The Balaban J connectivity index is 1.22. The second-order valence-electron chi connectivity index (χ2n) is 6.76. The Kier molecular flexibility index (Phi) is 3.42. The molecule has 0 aliphatic carbocycles. The topological polar surface area (TPSA) is 70.7 Å². The molecule has 26 heavy (non-hydrogen) atoms. The summed E-state index contributed by atoms with van der Waals surface area (Å²) in [4.78, 5) is 20.2. The molecule has 3 aromatic heterocycles. The molecule has 0 radical (unpaired) electrons. The number of carbonyl (C=O) groups excluding carboxylic acids is 1. The first-order valence-electron chi connectivity index (χ1n) is 8.61. The lowest BCUT2D eigenvalue weighted by Gasteiger charge is -2.38. The van der Waals surface area contributed by atoms with Crippen molar-refractivity contribution in [2.75, 3.05) is 31.1 Å². The van der Waals surface area contributed by atoms with E-state index in [0.717, 1.165) is 36.7 Å². The van der Waals surface area contributed by atoms with Gasteiger partial charge in [-0.15, -0.1) is 0 Å². The Morgan fingerprint density at radius 3 is 2.92 bits per heavy atom. The molecule has 5 heterocycles. The maximum absolute atomic E-state index is 13.3. The number of nitrogens with one attached hydrogen (secondary N) is 1. The van der Waals surface area contributed by atoms with Crippen molar-refractivity contribution in [3.63, 3.8) is 0 Å². The third kappa shape index (κ3) is 2.60. The van der Waals surface area contributed by atoms with E-state index in [0.29, 0.717) is 19.1 Å². The number of amides is 2. The molecular weight excluding hydrogens is 337 g/mol. The molecular formula is C17H18FN7O. The van der Waals surface area contributed by atoms with Crippen molar-refractivity contribution in [1.29, 1.82) is 0 Å². The number of carbonyl (C=O) groups is 1. The third-order valence-electron chi connectivity index (χ3n) is 4.92. The number of aromatic nitrogens is 4. The molecule has 0 bridgehead atoms. The fourth-order valence-corrected chi connectivity index (χ4v) is 3.55. The molecule has 2 amide bonds. The van der Waals surface area contributed by atoms with Gasteiger partial charge in [-0.3, -0.25) is 14.5 Å². The van der Waals surface area contributed by atoms with E-state index >= 15 is 0 Å². The molecule has 0 spiro atoms. The van der Waals surface area contributed by atoms with Gasteiger partial charge < -0.3 is 9.72 Å². The van der Waals surface area contributed by atoms with E-state index in [-0.39, 0.29) is 11.8 Å². The Morgan fingerprint density at radius 2 is 2.12 bits per heavy atom. The maximum Gasteiger partial charge on any atom is 0.322 e. The van der Waals surface area contributed by atoms with Crippen LogP contribution in [0.2, 0.25) is 0 Å². The minimum atomic E-state index is -0.272. The van der Waals surface area contributed by atoms with E-state index < -0.39 is 0 Å². The number of hydrogen-bond donors (Lipinski definition) is 1. The number of halogens is 1. The van der Waals surface area contributed by atoms with Gasteiger partial charge in [-0.25, -0.2) is 14.2 Å². The molecule has 1 N–H and O–H groups in total. The number of urea groups is 1. The zero-order valence-electron chi connectivity index (χ0n) is 14.0. The molecule has 2 aliphatic rings. The lowest BCUT2D eigenvalue weighted by Crippen LogP contribution is -2.47. The van der Waals surface area contributed by atoms with Crippen molar-refractivity contribution >= 4 is 17.4 Å². The van der Waals surface area contributed by atoms with Gasteiger partial charge in [0.05, 0.1) is 23.6 Å². The van der Waals surface area contributed by atoms with Gasteiger partial charge in [0.25, 0.3) is 0 Å². The lowest BCUT2D eigenvalue weighted by atomic mass is 10.1. The van der Waals surface area contributed by atoms with Crippen molar-refractivity contribution in [2.24, 2.45) is 0 Å². The smallest absolute Gasteiger partial charge is 0.322 e. The van der Waals surface area contributed by atoms with Gasteiger partial charge >= 0.3 is 6.03 Å². The van der Waals surface area contributed by atoms with Crippen LogP contribution in [0.4, 0.5) is 14.9 Å². The Morgan fingerprint density at radius 1 is 1.23 bits per heavy atom. The molecule has 134 valence electrons. The Bertz CT molecular complexity index is 975. The SMILES string of the molecule is O=C1NCCN1c1cnn(C2CN(Cc3cn4cc(F)ccc4n3)C2)c1. The quantitative estimate of drug-likeness (QED) is 0.765. The second-order valence-corrected chi connectivity index (χ2v) is 6.76. The molecule has 2 aliphatic heterocycles. The molecule has 0 atom stereocenters.